The Bertz CT molecular complexity index is 429. The third kappa shape index (κ3) is 4.56. The van der Waals surface area contributed by atoms with Crippen molar-refractivity contribution >= 4 is 5.91 Å². The number of aromatic hydroxyl groups is 1. The summed E-state index contributed by atoms with van der Waals surface area (Å²) in [4.78, 5) is 14.2. The summed E-state index contributed by atoms with van der Waals surface area (Å²) in [5.74, 6) is 0.251. The average molecular weight is 265 g/mol. The summed E-state index contributed by atoms with van der Waals surface area (Å²) in [7, 11) is 1.61. The van der Waals surface area contributed by atoms with Gasteiger partial charge in [-0.2, -0.15) is 0 Å². The van der Waals surface area contributed by atoms with E-state index in [1.807, 2.05) is 6.92 Å². The highest BCUT2D eigenvalue weighted by Gasteiger charge is 2.19. The van der Waals surface area contributed by atoms with E-state index in [1.165, 1.54) is 0 Å². The Morgan fingerprint density at radius 1 is 1.42 bits per heavy atom. The maximum atomic E-state index is 12.5. The number of aryl methyl sites for hydroxylation is 1. The van der Waals surface area contributed by atoms with Crippen molar-refractivity contribution in [3.8, 4) is 5.75 Å². The van der Waals surface area contributed by atoms with Gasteiger partial charge in [0, 0.05) is 20.2 Å². The lowest BCUT2D eigenvalue weighted by Crippen LogP contribution is -2.36. The molecule has 0 fully saturated rings. The fourth-order valence-electron chi connectivity index (χ4n) is 1.91. The van der Waals surface area contributed by atoms with E-state index in [2.05, 4.69) is 13.8 Å². The summed E-state index contributed by atoms with van der Waals surface area (Å²) >= 11 is 0. The number of phenols is 1. The van der Waals surface area contributed by atoms with Gasteiger partial charge in [-0.3, -0.25) is 4.79 Å². The van der Waals surface area contributed by atoms with Crippen LogP contribution >= 0.6 is 0 Å². The maximum Gasteiger partial charge on any atom is 0.257 e. The van der Waals surface area contributed by atoms with Crippen LogP contribution in [0.15, 0.2) is 18.2 Å². The lowest BCUT2D eigenvalue weighted by Gasteiger charge is -2.24. The first kappa shape index (κ1) is 15.5. The molecule has 0 spiro atoms. The molecule has 0 bridgehead atoms. The van der Waals surface area contributed by atoms with Crippen LogP contribution in [0.25, 0.3) is 0 Å². The van der Waals surface area contributed by atoms with E-state index >= 15 is 0 Å². The van der Waals surface area contributed by atoms with E-state index in [0.29, 0.717) is 31.2 Å². The Hall–Kier alpha value is -1.55. The van der Waals surface area contributed by atoms with Crippen LogP contribution in [-0.4, -0.2) is 42.7 Å². The van der Waals surface area contributed by atoms with Crippen LogP contribution in [0.4, 0.5) is 0 Å². The van der Waals surface area contributed by atoms with Gasteiger partial charge in [0.25, 0.3) is 5.91 Å². The predicted molar refractivity (Wildman–Crippen MR) is 75.5 cm³/mol. The Labute approximate surface area is 115 Å². The molecule has 4 heteroatoms. The first-order valence-corrected chi connectivity index (χ1v) is 6.53. The van der Waals surface area contributed by atoms with Crippen LogP contribution < -0.4 is 0 Å². The first-order chi connectivity index (χ1) is 8.95. The molecule has 0 aromatic heterocycles. The molecule has 0 saturated heterocycles. The third-order valence-electron chi connectivity index (χ3n) is 2.82. The van der Waals surface area contributed by atoms with Gasteiger partial charge >= 0.3 is 0 Å². The molecule has 0 aliphatic heterocycles. The van der Waals surface area contributed by atoms with Gasteiger partial charge in [-0.05, 0) is 25.0 Å². The molecule has 1 aromatic rings. The van der Waals surface area contributed by atoms with Crippen LogP contribution in [-0.2, 0) is 4.74 Å². The molecular formula is C15H23NO3. The van der Waals surface area contributed by atoms with Crippen molar-refractivity contribution in [3.63, 3.8) is 0 Å². The number of amides is 1. The van der Waals surface area contributed by atoms with Gasteiger partial charge < -0.3 is 14.7 Å². The Kier molecular flexibility index (Phi) is 5.83. The molecule has 1 amide bonds. The van der Waals surface area contributed by atoms with Crippen molar-refractivity contribution in [3.05, 3.63) is 29.3 Å². The van der Waals surface area contributed by atoms with Gasteiger partial charge in [0.05, 0.1) is 12.2 Å². The smallest absolute Gasteiger partial charge is 0.257 e. The van der Waals surface area contributed by atoms with Gasteiger partial charge in [-0.1, -0.05) is 25.5 Å². The van der Waals surface area contributed by atoms with Crippen LogP contribution in [0.2, 0.25) is 0 Å². The quantitative estimate of drug-likeness (QED) is 0.859. The lowest BCUT2D eigenvalue weighted by molar-refractivity contribution is 0.0669. The fourth-order valence-corrected chi connectivity index (χ4v) is 1.91. The predicted octanol–water partition coefficient (Wildman–Crippen LogP) is 2.45. The topological polar surface area (TPSA) is 49.8 Å². The first-order valence-electron chi connectivity index (χ1n) is 6.53. The zero-order chi connectivity index (χ0) is 14.4. The largest absolute Gasteiger partial charge is 0.507 e. The average Bonchev–Trinajstić information content (AvgIpc) is 2.36. The molecule has 0 aliphatic carbocycles. The molecule has 0 unspecified atom stereocenters. The van der Waals surface area contributed by atoms with Gasteiger partial charge in [0.2, 0.25) is 0 Å². The lowest BCUT2D eigenvalue weighted by atomic mass is 10.1. The van der Waals surface area contributed by atoms with E-state index in [4.69, 9.17) is 4.74 Å². The molecule has 0 aliphatic rings. The van der Waals surface area contributed by atoms with E-state index in [1.54, 1.807) is 30.2 Å². The van der Waals surface area contributed by atoms with Crippen LogP contribution in [0, 0.1) is 12.8 Å². The maximum absolute atomic E-state index is 12.5. The Morgan fingerprint density at radius 3 is 2.68 bits per heavy atom. The summed E-state index contributed by atoms with van der Waals surface area (Å²) < 4.78 is 5.04. The number of carbonyl (C=O) groups excluding carboxylic acids is 1. The molecule has 0 saturated carbocycles. The summed E-state index contributed by atoms with van der Waals surface area (Å²) in [6.45, 7) is 7.69. The molecule has 1 N–H and O–H groups in total. The van der Waals surface area contributed by atoms with Crippen LogP contribution in [0.1, 0.15) is 29.8 Å². The second-order valence-corrected chi connectivity index (χ2v) is 5.16. The highest BCUT2D eigenvalue weighted by Crippen LogP contribution is 2.20. The molecule has 106 valence electrons. The van der Waals surface area contributed by atoms with E-state index in [0.717, 1.165) is 5.56 Å². The highest BCUT2D eigenvalue weighted by atomic mass is 16.5. The Morgan fingerprint density at radius 2 is 2.11 bits per heavy atom. The number of benzene rings is 1. The summed E-state index contributed by atoms with van der Waals surface area (Å²) in [5, 5.41) is 9.84. The zero-order valence-electron chi connectivity index (χ0n) is 12.1. The number of rotatable bonds is 6. The molecule has 1 rings (SSSR count). The highest BCUT2D eigenvalue weighted by molar-refractivity contribution is 5.97. The minimum Gasteiger partial charge on any atom is -0.507 e. The number of carbonyl (C=O) groups is 1. The van der Waals surface area contributed by atoms with Crippen molar-refractivity contribution in [2.75, 3.05) is 26.8 Å². The Balaban J connectivity index is 2.93. The van der Waals surface area contributed by atoms with Gasteiger partial charge in [-0.25, -0.2) is 0 Å². The minimum absolute atomic E-state index is 0.0294. The van der Waals surface area contributed by atoms with Crippen molar-refractivity contribution in [1.29, 1.82) is 0 Å². The van der Waals surface area contributed by atoms with Gasteiger partial charge in [0.15, 0.2) is 0 Å². The molecule has 1 aromatic carbocycles. The monoisotopic (exact) mass is 265 g/mol. The van der Waals surface area contributed by atoms with Gasteiger partial charge in [0.1, 0.15) is 5.75 Å². The standard InChI is InChI=1S/C15H23NO3/c1-11(2)10-16(7-8-19-4)15(18)13-9-12(3)5-6-14(13)17/h5-6,9,11,17H,7-8,10H2,1-4H3. The van der Waals surface area contributed by atoms with Crippen molar-refractivity contribution in [2.45, 2.75) is 20.8 Å². The number of ether oxygens (including phenoxy) is 1. The van der Waals surface area contributed by atoms with E-state index in [-0.39, 0.29) is 11.7 Å². The van der Waals surface area contributed by atoms with Crippen LogP contribution in [0.3, 0.4) is 0 Å². The molecule has 0 atom stereocenters. The van der Waals surface area contributed by atoms with Crippen LogP contribution in [0.5, 0.6) is 5.75 Å². The zero-order valence-corrected chi connectivity index (χ0v) is 12.1. The van der Waals surface area contributed by atoms with Crippen molar-refractivity contribution < 1.29 is 14.6 Å². The second kappa shape index (κ2) is 7.14. The normalized spacial score (nSPS) is 10.8. The molecule has 0 heterocycles. The number of nitrogens with zero attached hydrogens (tertiary/aromatic N) is 1. The summed E-state index contributed by atoms with van der Waals surface area (Å²) in [6.07, 6.45) is 0. The summed E-state index contributed by atoms with van der Waals surface area (Å²) in [5.41, 5.74) is 1.31. The SMILES string of the molecule is COCCN(CC(C)C)C(=O)c1cc(C)ccc1O. The molecule has 0 radical (unpaired) electrons. The molecular weight excluding hydrogens is 242 g/mol. The molecule has 4 nitrogen and oxygen atoms in total. The minimum atomic E-state index is -0.146. The fraction of sp³-hybridized carbons (Fsp3) is 0.533. The van der Waals surface area contributed by atoms with E-state index in [9.17, 15) is 9.90 Å². The van der Waals surface area contributed by atoms with E-state index < -0.39 is 0 Å². The number of phenolic OH excluding ortho intramolecular Hbond substituents is 1. The van der Waals surface area contributed by atoms with Crippen molar-refractivity contribution in [1.82, 2.24) is 4.90 Å². The number of hydrogen-bond acceptors (Lipinski definition) is 3. The second-order valence-electron chi connectivity index (χ2n) is 5.16. The van der Waals surface area contributed by atoms with Crippen molar-refractivity contribution in [2.24, 2.45) is 5.92 Å². The summed E-state index contributed by atoms with van der Waals surface area (Å²) in [6, 6.07) is 5.07. The van der Waals surface area contributed by atoms with Gasteiger partial charge in [-0.15, -0.1) is 0 Å². The number of hydrogen-bond donors (Lipinski definition) is 1. The number of methoxy groups -OCH3 is 1. The third-order valence-corrected chi connectivity index (χ3v) is 2.82. The molecule has 19 heavy (non-hydrogen) atoms.